The summed E-state index contributed by atoms with van der Waals surface area (Å²) in [5.41, 5.74) is 2.45. The van der Waals surface area contributed by atoms with Crippen LogP contribution in [0, 0.1) is 0 Å². The number of aromatic amines is 1. The molecule has 0 saturated heterocycles. The lowest BCUT2D eigenvalue weighted by Crippen LogP contribution is -2.15. The molecule has 3 rings (SSSR count). The van der Waals surface area contributed by atoms with Crippen LogP contribution in [0.4, 0.5) is 5.82 Å². The summed E-state index contributed by atoms with van der Waals surface area (Å²) in [4.78, 5) is 23.4. The molecule has 0 fully saturated rings. The highest BCUT2D eigenvalue weighted by molar-refractivity contribution is 6.30. The Morgan fingerprint density at radius 1 is 1.33 bits per heavy atom. The van der Waals surface area contributed by atoms with Gasteiger partial charge in [-0.3, -0.25) is 14.7 Å². The van der Waals surface area contributed by atoms with Gasteiger partial charge in [0.2, 0.25) is 5.91 Å². The third-order valence-electron chi connectivity index (χ3n) is 2.81. The molecule has 1 heterocycles. The molecule has 0 saturated carbocycles. The number of hydrogen-bond acceptors (Lipinski definition) is 3. The molecule has 1 aromatic heterocycles. The maximum atomic E-state index is 12.2. The summed E-state index contributed by atoms with van der Waals surface area (Å²) in [6.45, 7) is 0. The first-order chi connectivity index (χ1) is 8.72. The summed E-state index contributed by atoms with van der Waals surface area (Å²) in [5.74, 6) is -0.478. The summed E-state index contributed by atoms with van der Waals surface area (Å²) in [5, 5.41) is 9.22. The van der Waals surface area contributed by atoms with E-state index in [1.807, 2.05) is 12.1 Å². The topological polar surface area (TPSA) is 74.8 Å². The molecule has 1 aliphatic rings. The van der Waals surface area contributed by atoms with E-state index < -0.39 is 5.91 Å². The van der Waals surface area contributed by atoms with Gasteiger partial charge in [0.1, 0.15) is 5.88 Å². The van der Waals surface area contributed by atoms with Crippen LogP contribution in [0.3, 0.4) is 0 Å². The maximum absolute atomic E-state index is 12.2. The molecule has 0 atom stereocenters. The standard InChI is InChI=1S/C12H8ClN3O2/c13-5-8(17)14-12-9-10(15-16-12)6-3-1-2-4-7(6)11(9)18/h1-4H,5H2,(H2,14,15,16,17). The Kier molecular flexibility index (Phi) is 2.41. The molecule has 18 heavy (non-hydrogen) atoms. The van der Waals surface area contributed by atoms with E-state index in [4.69, 9.17) is 11.6 Å². The number of rotatable bonds is 2. The third-order valence-corrected chi connectivity index (χ3v) is 3.06. The van der Waals surface area contributed by atoms with Crippen molar-refractivity contribution in [1.29, 1.82) is 0 Å². The number of benzene rings is 1. The van der Waals surface area contributed by atoms with Crippen molar-refractivity contribution in [2.24, 2.45) is 0 Å². The second kappa shape index (κ2) is 3.96. The van der Waals surface area contributed by atoms with Crippen LogP contribution in [0.5, 0.6) is 0 Å². The first-order valence-corrected chi connectivity index (χ1v) is 5.84. The number of amides is 1. The molecular weight excluding hydrogens is 254 g/mol. The van der Waals surface area contributed by atoms with E-state index in [0.29, 0.717) is 16.8 Å². The average Bonchev–Trinajstić information content (AvgIpc) is 2.92. The second-order valence-corrected chi connectivity index (χ2v) is 4.15. The summed E-state index contributed by atoms with van der Waals surface area (Å²) in [6.07, 6.45) is 0. The number of nitrogens with one attached hydrogen (secondary N) is 2. The molecule has 0 spiro atoms. The fourth-order valence-corrected chi connectivity index (χ4v) is 2.11. The molecule has 0 radical (unpaired) electrons. The zero-order valence-corrected chi connectivity index (χ0v) is 9.91. The number of ketones is 1. The van der Waals surface area contributed by atoms with Gasteiger partial charge in [-0.1, -0.05) is 24.3 Å². The van der Waals surface area contributed by atoms with Gasteiger partial charge in [-0.15, -0.1) is 11.6 Å². The Balaban J connectivity index is 2.10. The predicted octanol–water partition coefficient (Wildman–Crippen LogP) is 1.80. The van der Waals surface area contributed by atoms with Crippen molar-refractivity contribution < 1.29 is 9.59 Å². The molecule has 1 amide bonds. The number of nitrogens with zero attached hydrogens (tertiary/aromatic N) is 1. The highest BCUT2D eigenvalue weighted by Crippen LogP contribution is 2.38. The molecule has 0 aliphatic heterocycles. The molecule has 5 nitrogen and oxygen atoms in total. The summed E-state index contributed by atoms with van der Waals surface area (Å²) in [7, 11) is 0. The van der Waals surface area contributed by atoms with E-state index in [2.05, 4.69) is 15.5 Å². The number of fused-ring (bicyclic) bond motifs is 3. The summed E-state index contributed by atoms with van der Waals surface area (Å²) in [6, 6.07) is 7.23. The van der Waals surface area contributed by atoms with Gasteiger partial charge in [0.25, 0.3) is 0 Å². The predicted molar refractivity (Wildman–Crippen MR) is 66.8 cm³/mol. The van der Waals surface area contributed by atoms with E-state index >= 15 is 0 Å². The zero-order valence-electron chi connectivity index (χ0n) is 9.16. The smallest absolute Gasteiger partial charge is 0.240 e. The zero-order chi connectivity index (χ0) is 12.7. The Hall–Kier alpha value is -2.14. The van der Waals surface area contributed by atoms with Gasteiger partial charge in [0.05, 0.1) is 11.3 Å². The number of alkyl halides is 1. The lowest BCUT2D eigenvalue weighted by molar-refractivity contribution is -0.113. The van der Waals surface area contributed by atoms with E-state index in [1.165, 1.54) is 0 Å². The van der Waals surface area contributed by atoms with Crippen LogP contribution in [0.2, 0.25) is 0 Å². The highest BCUT2D eigenvalue weighted by Gasteiger charge is 2.32. The largest absolute Gasteiger partial charge is 0.308 e. The SMILES string of the molecule is O=C(CCl)Nc1n[nH]c2c1C(=O)c1ccccc1-2. The number of carbonyl (C=O) groups is 2. The van der Waals surface area contributed by atoms with Gasteiger partial charge < -0.3 is 5.32 Å². The van der Waals surface area contributed by atoms with E-state index in [1.54, 1.807) is 12.1 Å². The number of H-pyrrole nitrogens is 1. The normalized spacial score (nSPS) is 12.2. The van der Waals surface area contributed by atoms with Gasteiger partial charge in [-0.05, 0) is 0 Å². The average molecular weight is 262 g/mol. The third kappa shape index (κ3) is 1.44. The molecule has 0 bridgehead atoms. The molecular formula is C12H8ClN3O2. The first-order valence-electron chi connectivity index (χ1n) is 5.30. The van der Waals surface area contributed by atoms with Crippen molar-refractivity contribution >= 4 is 29.1 Å². The Bertz CT molecular complexity index is 663. The van der Waals surface area contributed by atoms with Crippen LogP contribution < -0.4 is 5.32 Å². The Morgan fingerprint density at radius 2 is 2.06 bits per heavy atom. The minimum Gasteiger partial charge on any atom is -0.308 e. The summed E-state index contributed by atoms with van der Waals surface area (Å²) >= 11 is 5.41. The first kappa shape index (κ1) is 11.0. The molecule has 1 aromatic carbocycles. The quantitative estimate of drug-likeness (QED) is 0.691. The van der Waals surface area contributed by atoms with Gasteiger partial charge in [0.15, 0.2) is 11.6 Å². The molecule has 2 N–H and O–H groups in total. The molecule has 90 valence electrons. The van der Waals surface area contributed by atoms with Crippen molar-refractivity contribution in [2.75, 3.05) is 11.2 Å². The van der Waals surface area contributed by atoms with E-state index in [-0.39, 0.29) is 17.5 Å². The minimum absolute atomic E-state index is 0.140. The van der Waals surface area contributed by atoms with Crippen LogP contribution in [0.15, 0.2) is 24.3 Å². The minimum atomic E-state index is -0.394. The van der Waals surface area contributed by atoms with Gasteiger partial charge in [0, 0.05) is 11.1 Å². The van der Waals surface area contributed by atoms with Gasteiger partial charge in [-0.25, -0.2) is 0 Å². The Morgan fingerprint density at radius 3 is 2.78 bits per heavy atom. The van der Waals surface area contributed by atoms with E-state index in [0.717, 1.165) is 5.56 Å². The lowest BCUT2D eigenvalue weighted by atomic mass is 10.1. The molecule has 2 aromatic rings. The molecule has 6 heteroatoms. The van der Waals surface area contributed by atoms with Crippen molar-refractivity contribution in [3.05, 3.63) is 35.4 Å². The summed E-state index contributed by atoms with van der Waals surface area (Å²) < 4.78 is 0. The number of aromatic nitrogens is 2. The van der Waals surface area contributed by atoms with Crippen LogP contribution in [-0.2, 0) is 4.79 Å². The molecule has 1 aliphatic carbocycles. The van der Waals surface area contributed by atoms with Crippen LogP contribution in [0.1, 0.15) is 15.9 Å². The highest BCUT2D eigenvalue weighted by atomic mass is 35.5. The van der Waals surface area contributed by atoms with Crippen molar-refractivity contribution in [3.63, 3.8) is 0 Å². The van der Waals surface area contributed by atoms with Crippen molar-refractivity contribution in [3.8, 4) is 11.3 Å². The second-order valence-electron chi connectivity index (χ2n) is 3.88. The fourth-order valence-electron chi connectivity index (χ4n) is 2.05. The number of halogens is 1. The lowest BCUT2D eigenvalue weighted by Gasteiger charge is -1.99. The fraction of sp³-hybridized carbons (Fsp3) is 0.0833. The van der Waals surface area contributed by atoms with E-state index in [9.17, 15) is 9.59 Å². The Labute approximate surface area is 107 Å². The van der Waals surface area contributed by atoms with Gasteiger partial charge in [-0.2, -0.15) is 5.10 Å². The number of hydrogen-bond donors (Lipinski definition) is 2. The van der Waals surface area contributed by atoms with Crippen LogP contribution in [0.25, 0.3) is 11.3 Å². The monoisotopic (exact) mass is 261 g/mol. The number of anilines is 1. The van der Waals surface area contributed by atoms with Crippen LogP contribution >= 0.6 is 11.6 Å². The van der Waals surface area contributed by atoms with Crippen LogP contribution in [-0.4, -0.2) is 27.8 Å². The molecule has 0 unspecified atom stereocenters. The van der Waals surface area contributed by atoms with Crippen molar-refractivity contribution in [1.82, 2.24) is 10.2 Å². The van der Waals surface area contributed by atoms with Crippen molar-refractivity contribution in [2.45, 2.75) is 0 Å². The maximum Gasteiger partial charge on any atom is 0.240 e. The van der Waals surface area contributed by atoms with Gasteiger partial charge >= 0.3 is 0 Å². The number of carbonyl (C=O) groups excluding carboxylic acids is 2.